The second-order valence-corrected chi connectivity index (χ2v) is 4.08. The van der Waals surface area contributed by atoms with E-state index in [1.54, 1.807) is 6.92 Å². The predicted octanol–water partition coefficient (Wildman–Crippen LogP) is 1.22. The summed E-state index contributed by atoms with van der Waals surface area (Å²) >= 11 is 3.18. The Bertz CT molecular complexity index is 595. The summed E-state index contributed by atoms with van der Waals surface area (Å²) in [6, 6.07) is 0. The molecule has 1 aromatic rings. The maximum absolute atomic E-state index is 11.4. The summed E-state index contributed by atoms with van der Waals surface area (Å²) in [5, 5.41) is 0. The molecule has 0 radical (unpaired) electrons. The molecule has 90 valence electrons. The maximum atomic E-state index is 11.4. The fraction of sp³-hybridized carbons (Fsp3) is 0.364. The summed E-state index contributed by atoms with van der Waals surface area (Å²) in [6.45, 7) is 3.52. The highest BCUT2D eigenvalue weighted by atomic mass is 79.9. The molecule has 0 aliphatic carbocycles. The number of nitrogens with one attached hydrogen (secondary N) is 1. The molecule has 0 bridgehead atoms. The van der Waals surface area contributed by atoms with Crippen LogP contribution >= 0.6 is 15.9 Å². The van der Waals surface area contributed by atoms with E-state index in [1.165, 1.54) is 11.6 Å². The Morgan fingerprint density at radius 2 is 2.18 bits per heavy atom. The first-order valence-corrected chi connectivity index (χ1v) is 5.79. The number of rotatable bonds is 1. The van der Waals surface area contributed by atoms with Crippen molar-refractivity contribution < 1.29 is 0 Å². The lowest BCUT2D eigenvalue weighted by Gasteiger charge is -2.04. The molecule has 1 heterocycles. The smallest absolute Gasteiger partial charge is 0.281 e. The Labute approximate surface area is 107 Å². The van der Waals surface area contributed by atoms with Crippen LogP contribution in [0, 0.1) is 18.8 Å². The van der Waals surface area contributed by atoms with Gasteiger partial charge in [0.05, 0.1) is 5.56 Å². The third-order valence-electron chi connectivity index (χ3n) is 2.09. The van der Waals surface area contributed by atoms with E-state index >= 15 is 0 Å². The Hall–Kier alpha value is -1.61. The van der Waals surface area contributed by atoms with Crippen molar-refractivity contribution in [2.45, 2.75) is 20.3 Å². The van der Waals surface area contributed by atoms with Gasteiger partial charge in [-0.1, -0.05) is 12.8 Å². The van der Waals surface area contributed by atoms with Crippen molar-refractivity contribution in [2.75, 3.05) is 0 Å². The minimum absolute atomic E-state index is 0.302. The molecule has 0 spiro atoms. The molecule has 17 heavy (non-hydrogen) atoms. The van der Waals surface area contributed by atoms with E-state index in [0.717, 1.165) is 0 Å². The number of aliphatic imine (C=N–C) groups is 1. The maximum Gasteiger partial charge on any atom is 0.329 e. The monoisotopic (exact) mass is 297 g/mol. The van der Waals surface area contributed by atoms with Crippen LogP contribution in [0.2, 0.25) is 0 Å². The highest BCUT2D eigenvalue weighted by Gasteiger charge is 2.07. The molecule has 0 unspecified atom stereocenters. The summed E-state index contributed by atoms with van der Waals surface area (Å²) in [4.78, 5) is 29.1. The largest absolute Gasteiger partial charge is 0.329 e. The third kappa shape index (κ3) is 3.17. The van der Waals surface area contributed by atoms with Gasteiger partial charge in [-0.2, -0.15) is 0 Å². The molecule has 5 nitrogen and oxygen atoms in total. The number of hydrogen-bond donors (Lipinski definition) is 1. The van der Waals surface area contributed by atoms with Crippen molar-refractivity contribution in [1.82, 2.24) is 9.55 Å². The molecule has 0 aliphatic rings. The van der Waals surface area contributed by atoms with E-state index in [1.807, 2.05) is 6.92 Å². The summed E-state index contributed by atoms with van der Waals surface area (Å²) in [5.41, 5.74) is -0.555. The predicted molar refractivity (Wildman–Crippen MR) is 71.1 cm³/mol. The molecule has 1 aromatic heterocycles. The number of aromatic nitrogens is 2. The van der Waals surface area contributed by atoms with Gasteiger partial charge >= 0.3 is 5.69 Å². The van der Waals surface area contributed by atoms with Gasteiger partial charge in [-0.15, -0.1) is 0 Å². The van der Waals surface area contributed by atoms with Crippen LogP contribution in [-0.2, 0) is 7.05 Å². The number of nitrogens with zero attached hydrogens (tertiary/aromatic N) is 2. The number of aromatic amines is 1. The van der Waals surface area contributed by atoms with Crippen LogP contribution in [0.3, 0.4) is 0 Å². The standard InChI is InChI=1S/C11H12BrN3O2/c1-4-5-6-8(12)13-9-7(2)10(16)14-11(17)15(9)3/h4H2,1-3H3,(H,14,16,17). The summed E-state index contributed by atoms with van der Waals surface area (Å²) < 4.78 is 1.66. The molecule has 0 atom stereocenters. The summed E-state index contributed by atoms with van der Waals surface area (Å²) in [5.74, 6) is 5.90. The van der Waals surface area contributed by atoms with Crippen LogP contribution in [-0.4, -0.2) is 14.2 Å². The zero-order valence-corrected chi connectivity index (χ0v) is 11.4. The minimum Gasteiger partial charge on any atom is -0.281 e. The van der Waals surface area contributed by atoms with E-state index in [2.05, 4.69) is 37.7 Å². The first kappa shape index (κ1) is 13.5. The lowest BCUT2D eigenvalue weighted by molar-refractivity contribution is 0.792. The van der Waals surface area contributed by atoms with Crippen molar-refractivity contribution in [3.8, 4) is 11.8 Å². The van der Waals surface area contributed by atoms with E-state index in [0.29, 0.717) is 22.4 Å². The lowest BCUT2D eigenvalue weighted by Crippen LogP contribution is -2.29. The molecule has 0 aliphatic heterocycles. The van der Waals surface area contributed by atoms with Crippen LogP contribution in [0.5, 0.6) is 0 Å². The van der Waals surface area contributed by atoms with Gasteiger partial charge in [-0.25, -0.2) is 9.79 Å². The Morgan fingerprint density at radius 3 is 2.76 bits per heavy atom. The topological polar surface area (TPSA) is 67.2 Å². The first-order chi connectivity index (χ1) is 7.97. The normalized spacial score (nSPS) is 10.9. The highest BCUT2D eigenvalue weighted by molar-refractivity contribution is 9.18. The van der Waals surface area contributed by atoms with Crippen molar-refractivity contribution in [2.24, 2.45) is 12.0 Å². The minimum atomic E-state index is -0.497. The summed E-state index contributed by atoms with van der Waals surface area (Å²) in [7, 11) is 1.54. The van der Waals surface area contributed by atoms with Gasteiger partial charge < -0.3 is 0 Å². The molecular weight excluding hydrogens is 286 g/mol. The van der Waals surface area contributed by atoms with Crippen LogP contribution in [0.15, 0.2) is 14.6 Å². The molecular formula is C11H12BrN3O2. The number of hydrogen-bond acceptors (Lipinski definition) is 3. The highest BCUT2D eigenvalue weighted by Crippen LogP contribution is 2.12. The van der Waals surface area contributed by atoms with Gasteiger partial charge in [0.1, 0.15) is 5.82 Å². The zero-order chi connectivity index (χ0) is 13.0. The summed E-state index contributed by atoms with van der Waals surface area (Å²) in [6.07, 6.45) is 0.706. The lowest BCUT2D eigenvalue weighted by atomic mass is 10.3. The molecule has 0 amide bonds. The van der Waals surface area contributed by atoms with Gasteiger partial charge in [0, 0.05) is 13.5 Å². The Morgan fingerprint density at radius 1 is 1.53 bits per heavy atom. The fourth-order valence-electron chi connectivity index (χ4n) is 1.17. The van der Waals surface area contributed by atoms with Crippen molar-refractivity contribution in [3.63, 3.8) is 0 Å². The number of halogens is 1. The van der Waals surface area contributed by atoms with Gasteiger partial charge in [0.2, 0.25) is 0 Å². The van der Waals surface area contributed by atoms with Gasteiger partial charge in [0.25, 0.3) is 5.56 Å². The van der Waals surface area contributed by atoms with Crippen molar-refractivity contribution in [1.29, 1.82) is 0 Å². The Balaban J connectivity index is 3.42. The molecule has 0 saturated heterocycles. The molecule has 0 saturated carbocycles. The van der Waals surface area contributed by atoms with Crippen LogP contribution in [0.4, 0.5) is 5.82 Å². The van der Waals surface area contributed by atoms with Gasteiger partial charge in [-0.3, -0.25) is 14.3 Å². The van der Waals surface area contributed by atoms with Crippen LogP contribution in [0.1, 0.15) is 18.9 Å². The molecule has 0 fully saturated rings. The molecule has 1 N–H and O–H groups in total. The second kappa shape index (κ2) is 5.64. The van der Waals surface area contributed by atoms with Crippen LogP contribution in [0.25, 0.3) is 0 Å². The number of H-pyrrole nitrogens is 1. The van der Waals surface area contributed by atoms with E-state index in [9.17, 15) is 9.59 Å². The quantitative estimate of drug-likeness (QED) is 0.626. The van der Waals surface area contributed by atoms with E-state index < -0.39 is 11.2 Å². The SMILES string of the molecule is CCC#CC(Br)=Nc1c(C)c(=O)[nH]c(=O)n1C. The molecule has 6 heteroatoms. The van der Waals surface area contributed by atoms with Gasteiger partial charge in [-0.05, 0) is 28.8 Å². The zero-order valence-electron chi connectivity index (χ0n) is 9.80. The molecule has 1 rings (SSSR count). The third-order valence-corrected chi connectivity index (χ3v) is 2.47. The first-order valence-electron chi connectivity index (χ1n) is 5.00. The van der Waals surface area contributed by atoms with Crippen LogP contribution < -0.4 is 11.2 Å². The van der Waals surface area contributed by atoms with Crippen molar-refractivity contribution in [3.05, 3.63) is 26.4 Å². The average Bonchev–Trinajstić information content (AvgIpc) is 2.29. The van der Waals surface area contributed by atoms with Crippen molar-refractivity contribution >= 4 is 26.4 Å². The molecule has 0 aromatic carbocycles. The van der Waals surface area contributed by atoms with E-state index in [-0.39, 0.29) is 0 Å². The van der Waals surface area contributed by atoms with E-state index in [4.69, 9.17) is 0 Å². The second-order valence-electron chi connectivity index (χ2n) is 3.32. The fourth-order valence-corrected chi connectivity index (χ4v) is 1.47. The van der Waals surface area contributed by atoms with Gasteiger partial charge in [0.15, 0.2) is 4.62 Å². The Kier molecular flexibility index (Phi) is 4.46. The average molecular weight is 298 g/mol.